The van der Waals surface area contributed by atoms with Gasteiger partial charge in [0.1, 0.15) is 18.0 Å². The molecule has 3 rings (SSSR count). The van der Waals surface area contributed by atoms with Crippen molar-refractivity contribution in [3.05, 3.63) is 40.6 Å². The summed E-state index contributed by atoms with van der Waals surface area (Å²) in [7, 11) is 0. The van der Waals surface area contributed by atoms with Gasteiger partial charge in [-0.05, 0) is 51.2 Å². The summed E-state index contributed by atoms with van der Waals surface area (Å²) in [6.45, 7) is 3.93. The SMILES string of the molecule is Cc1cc(C)c(C(=N)N)c(-n2cnc3c2CCCC3)n1. The maximum Gasteiger partial charge on any atom is 0.149 e. The fraction of sp³-hybridized carbons (Fsp3) is 0.400. The lowest BCUT2D eigenvalue weighted by atomic mass is 10.0. The van der Waals surface area contributed by atoms with Crippen LogP contribution in [-0.2, 0) is 12.8 Å². The molecule has 0 saturated heterocycles. The van der Waals surface area contributed by atoms with Gasteiger partial charge in [-0.15, -0.1) is 0 Å². The van der Waals surface area contributed by atoms with Crippen LogP contribution in [0, 0.1) is 19.3 Å². The summed E-state index contributed by atoms with van der Waals surface area (Å²) in [5.41, 5.74) is 10.8. The minimum Gasteiger partial charge on any atom is -0.384 e. The Labute approximate surface area is 118 Å². The molecule has 0 saturated carbocycles. The standard InChI is InChI=1S/C15H19N5/c1-9-7-10(2)19-15(13(9)14(16)17)20-8-18-11-5-3-4-6-12(11)20/h7-8H,3-6H2,1-2H3,(H3,16,17). The molecule has 3 N–H and O–H groups in total. The van der Waals surface area contributed by atoms with Gasteiger partial charge in [-0.2, -0.15) is 0 Å². The quantitative estimate of drug-likeness (QED) is 0.646. The number of nitrogen functional groups attached to an aromatic ring is 1. The Kier molecular flexibility index (Phi) is 3.04. The van der Waals surface area contributed by atoms with E-state index in [0.717, 1.165) is 35.6 Å². The molecule has 20 heavy (non-hydrogen) atoms. The van der Waals surface area contributed by atoms with Crippen LogP contribution in [0.5, 0.6) is 0 Å². The monoisotopic (exact) mass is 269 g/mol. The number of imidazole rings is 1. The topological polar surface area (TPSA) is 80.6 Å². The highest BCUT2D eigenvalue weighted by molar-refractivity contribution is 5.99. The summed E-state index contributed by atoms with van der Waals surface area (Å²) < 4.78 is 2.02. The number of fused-ring (bicyclic) bond motifs is 1. The molecule has 0 radical (unpaired) electrons. The van der Waals surface area contributed by atoms with Gasteiger partial charge in [0, 0.05) is 11.4 Å². The molecule has 2 aromatic rings. The fourth-order valence-electron chi connectivity index (χ4n) is 2.98. The fourth-order valence-corrected chi connectivity index (χ4v) is 2.98. The van der Waals surface area contributed by atoms with Gasteiger partial charge in [0.25, 0.3) is 0 Å². The van der Waals surface area contributed by atoms with Gasteiger partial charge >= 0.3 is 0 Å². The Morgan fingerprint density at radius 2 is 2.05 bits per heavy atom. The van der Waals surface area contributed by atoms with Gasteiger partial charge in [-0.25, -0.2) is 9.97 Å². The maximum atomic E-state index is 7.83. The predicted molar refractivity (Wildman–Crippen MR) is 78.5 cm³/mol. The third-order valence-electron chi connectivity index (χ3n) is 3.85. The summed E-state index contributed by atoms with van der Waals surface area (Å²) in [6.07, 6.45) is 6.25. The Morgan fingerprint density at radius 1 is 1.30 bits per heavy atom. The van der Waals surface area contributed by atoms with Crippen molar-refractivity contribution in [2.75, 3.05) is 0 Å². The normalized spacial score (nSPS) is 14.1. The highest BCUT2D eigenvalue weighted by atomic mass is 15.1. The molecule has 5 nitrogen and oxygen atoms in total. The molecule has 0 bridgehead atoms. The minimum absolute atomic E-state index is 0.0586. The van der Waals surface area contributed by atoms with E-state index in [9.17, 15) is 0 Å². The van der Waals surface area contributed by atoms with Crippen LogP contribution < -0.4 is 5.73 Å². The molecule has 0 aromatic carbocycles. The largest absolute Gasteiger partial charge is 0.384 e. The Morgan fingerprint density at radius 3 is 2.80 bits per heavy atom. The van der Waals surface area contributed by atoms with E-state index >= 15 is 0 Å². The van der Waals surface area contributed by atoms with E-state index in [4.69, 9.17) is 11.1 Å². The van der Waals surface area contributed by atoms with Gasteiger partial charge in [0.2, 0.25) is 0 Å². The molecular formula is C15H19N5. The van der Waals surface area contributed by atoms with E-state index in [0.29, 0.717) is 5.56 Å². The lowest BCUT2D eigenvalue weighted by molar-refractivity contribution is 0.653. The Balaban J connectivity index is 2.24. The molecule has 0 amide bonds. The first-order valence-corrected chi connectivity index (χ1v) is 6.96. The van der Waals surface area contributed by atoms with E-state index in [2.05, 4.69) is 9.97 Å². The minimum atomic E-state index is 0.0586. The molecule has 2 aromatic heterocycles. The van der Waals surface area contributed by atoms with Crippen molar-refractivity contribution in [1.82, 2.24) is 14.5 Å². The highest BCUT2D eigenvalue weighted by Crippen LogP contribution is 2.25. The molecule has 0 aliphatic heterocycles. The summed E-state index contributed by atoms with van der Waals surface area (Å²) in [5.74, 6) is 0.800. The number of amidine groups is 1. The van der Waals surface area contributed by atoms with Crippen molar-refractivity contribution in [3.63, 3.8) is 0 Å². The van der Waals surface area contributed by atoms with Gasteiger partial charge in [0.15, 0.2) is 0 Å². The predicted octanol–water partition coefficient (Wildman–Crippen LogP) is 2.05. The second-order valence-corrected chi connectivity index (χ2v) is 5.41. The van der Waals surface area contributed by atoms with Crippen LogP contribution in [0.3, 0.4) is 0 Å². The number of pyridine rings is 1. The zero-order chi connectivity index (χ0) is 14.3. The lowest BCUT2D eigenvalue weighted by Crippen LogP contribution is -2.19. The van der Waals surface area contributed by atoms with Gasteiger partial charge in [-0.3, -0.25) is 9.98 Å². The Bertz CT molecular complexity index is 684. The van der Waals surface area contributed by atoms with Crippen LogP contribution in [0.1, 0.15) is 41.1 Å². The number of hydrogen-bond donors (Lipinski definition) is 2. The molecular weight excluding hydrogens is 250 g/mol. The molecule has 1 aliphatic carbocycles. The van der Waals surface area contributed by atoms with Gasteiger partial charge in [-0.1, -0.05) is 0 Å². The number of nitrogens with one attached hydrogen (secondary N) is 1. The molecule has 0 spiro atoms. The average Bonchev–Trinajstić information content (AvgIpc) is 2.80. The van der Waals surface area contributed by atoms with Crippen molar-refractivity contribution in [3.8, 4) is 5.82 Å². The van der Waals surface area contributed by atoms with Crippen LogP contribution in [0.15, 0.2) is 12.4 Å². The Hall–Kier alpha value is -2.17. The number of aryl methyl sites for hydroxylation is 3. The summed E-state index contributed by atoms with van der Waals surface area (Å²) in [6, 6.07) is 1.96. The smallest absolute Gasteiger partial charge is 0.149 e. The number of nitrogens with zero attached hydrogens (tertiary/aromatic N) is 3. The van der Waals surface area contributed by atoms with E-state index in [1.807, 2.05) is 30.8 Å². The van der Waals surface area contributed by atoms with Crippen molar-refractivity contribution in [1.29, 1.82) is 5.41 Å². The molecule has 2 heterocycles. The maximum absolute atomic E-state index is 7.83. The van der Waals surface area contributed by atoms with Crippen LogP contribution in [0.4, 0.5) is 0 Å². The molecule has 0 unspecified atom stereocenters. The second-order valence-electron chi connectivity index (χ2n) is 5.41. The summed E-state index contributed by atoms with van der Waals surface area (Å²) in [5, 5.41) is 7.83. The van der Waals surface area contributed by atoms with Crippen LogP contribution in [0.25, 0.3) is 5.82 Å². The lowest BCUT2D eigenvalue weighted by Gasteiger charge is -2.17. The first-order chi connectivity index (χ1) is 9.58. The first-order valence-electron chi connectivity index (χ1n) is 6.96. The zero-order valence-corrected chi connectivity index (χ0v) is 11.9. The zero-order valence-electron chi connectivity index (χ0n) is 11.9. The number of hydrogen-bond acceptors (Lipinski definition) is 3. The average molecular weight is 269 g/mol. The second kappa shape index (κ2) is 4.74. The van der Waals surface area contributed by atoms with Crippen LogP contribution in [0.2, 0.25) is 0 Å². The number of aromatic nitrogens is 3. The van der Waals surface area contributed by atoms with E-state index in [-0.39, 0.29) is 5.84 Å². The molecule has 0 fully saturated rings. The van der Waals surface area contributed by atoms with E-state index < -0.39 is 0 Å². The van der Waals surface area contributed by atoms with Crippen molar-refractivity contribution < 1.29 is 0 Å². The number of rotatable bonds is 2. The third-order valence-corrected chi connectivity index (χ3v) is 3.85. The highest BCUT2D eigenvalue weighted by Gasteiger charge is 2.20. The number of nitrogens with two attached hydrogens (primary N) is 1. The van der Waals surface area contributed by atoms with Crippen molar-refractivity contribution in [2.45, 2.75) is 39.5 Å². The summed E-state index contributed by atoms with van der Waals surface area (Å²) >= 11 is 0. The molecule has 1 aliphatic rings. The van der Waals surface area contributed by atoms with Gasteiger partial charge < -0.3 is 5.73 Å². The van der Waals surface area contributed by atoms with Crippen molar-refractivity contribution >= 4 is 5.84 Å². The van der Waals surface area contributed by atoms with E-state index in [1.165, 1.54) is 18.5 Å². The first kappa shape index (κ1) is 12.8. The molecule has 104 valence electrons. The van der Waals surface area contributed by atoms with Gasteiger partial charge in [0.05, 0.1) is 11.3 Å². The van der Waals surface area contributed by atoms with Crippen LogP contribution in [-0.4, -0.2) is 20.4 Å². The van der Waals surface area contributed by atoms with Crippen molar-refractivity contribution in [2.24, 2.45) is 5.73 Å². The molecule has 5 heteroatoms. The van der Waals surface area contributed by atoms with E-state index in [1.54, 1.807) is 0 Å². The molecule has 0 atom stereocenters. The van der Waals surface area contributed by atoms with Crippen LogP contribution >= 0.6 is 0 Å². The third kappa shape index (κ3) is 1.99. The summed E-state index contributed by atoms with van der Waals surface area (Å²) in [4.78, 5) is 9.11.